The van der Waals surface area contributed by atoms with Gasteiger partial charge in [0.2, 0.25) is 5.75 Å². The predicted octanol–water partition coefficient (Wildman–Crippen LogP) is 4.17. The summed E-state index contributed by atoms with van der Waals surface area (Å²) in [5, 5.41) is 0. The van der Waals surface area contributed by atoms with Crippen LogP contribution in [0, 0.1) is 11.6 Å². The minimum Gasteiger partial charge on any atom is -0.493 e. The average molecular weight is 407 g/mol. The lowest BCUT2D eigenvalue weighted by molar-refractivity contribution is 0.0667. The Labute approximate surface area is 170 Å². The summed E-state index contributed by atoms with van der Waals surface area (Å²) in [6.45, 7) is 1.81. The lowest BCUT2D eigenvalue weighted by Crippen LogP contribution is -2.32. The summed E-state index contributed by atoms with van der Waals surface area (Å²) in [5.41, 5.74) is 0.879. The molecule has 7 heteroatoms. The summed E-state index contributed by atoms with van der Waals surface area (Å²) in [5.74, 6) is 0.474. The van der Waals surface area contributed by atoms with Crippen LogP contribution in [0.2, 0.25) is 0 Å². The molecule has 29 heavy (non-hydrogen) atoms. The molecule has 1 fully saturated rings. The maximum Gasteiger partial charge on any atom is 0.203 e. The van der Waals surface area contributed by atoms with Gasteiger partial charge in [0.05, 0.1) is 27.4 Å². The van der Waals surface area contributed by atoms with E-state index in [2.05, 4.69) is 0 Å². The van der Waals surface area contributed by atoms with Crippen LogP contribution in [0.1, 0.15) is 24.0 Å². The second kappa shape index (κ2) is 9.89. The third kappa shape index (κ3) is 4.97. The lowest BCUT2D eigenvalue weighted by atomic mass is 10.1. The number of benzene rings is 2. The molecule has 1 unspecified atom stereocenters. The minimum absolute atomic E-state index is 0.0379. The van der Waals surface area contributed by atoms with Gasteiger partial charge in [-0.3, -0.25) is 4.90 Å². The molecular weight excluding hydrogens is 380 g/mol. The van der Waals surface area contributed by atoms with Gasteiger partial charge in [-0.25, -0.2) is 8.78 Å². The zero-order chi connectivity index (χ0) is 20.8. The fourth-order valence-electron chi connectivity index (χ4n) is 3.70. The molecule has 2 aromatic rings. The van der Waals surface area contributed by atoms with Gasteiger partial charge in [-0.1, -0.05) is 12.1 Å². The summed E-state index contributed by atoms with van der Waals surface area (Å²) < 4.78 is 50.6. The maximum absolute atomic E-state index is 14.3. The Hall–Kier alpha value is -2.38. The molecule has 1 aliphatic heterocycles. The van der Waals surface area contributed by atoms with Gasteiger partial charge < -0.3 is 18.9 Å². The van der Waals surface area contributed by atoms with E-state index in [9.17, 15) is 8.78 Å². The Bertz CT molecular complexity index is 804. The van der Waals surface area contributed by atoms with Crippen LogP contribution in [0.15, 0.2) is 30.3 Å². The second-order valence-corrected chi connectivity index (χ2v) is 7.00. The van der Waals surface area contributed by atoms with Crippen molar-refractivity contribution in [2.45, 2.75) is 32.0 Å². The Balaban J connectivity index is 1.90. The highest BCUT2D eigenvalue weighted by Gasteiger charge is 2.24. The molecule has 158 valence electrons. The molecule has 0 saturated carbocycles. The average Bonchev–Trinajstić information content (AvgIpc) is 3.23. The monoisotopic (exact) mass is 407 g/mol. The fraction of sp³-hybridized carbons (Fsp3) is 0.455. The largest absolute Gasteiger partial charge is 0.493 e. The molecular formula is C22H27F2NO4. The molecule has 0 aliphatic carbocycles. The Morgan fingerprint density at radius 3 is 2.28 bits per heavy atom. The van der Waals surface area contributed by atoms with E-state index in [1.54, 1.807) is 27.4 Å². The maximum atomic E-state index is 14.3. The minimum atomic E-state index is -0.554. The van der Waals surface area contributed by atoms with Crippen LogP contribution in [0.3, 0.4) is 0 Å². The smallest absolute Gasteiger partial charge is 0.203 e. The van der Waals surface area contributed by atoms with Gasteiger partial charge in [0.25, 0.3) is 0 Å². The number of methoxy groups -OCH3 is 3. The first-order chi connectivity index (χ1) is 14.1. The molecule has 1 aliphatic rings. The lowest BCUT2D eigenvalue weighted by Gasteiger charge is -2.27. The van der Waals surface area contributed by atoms with E-state index in [0.29, 0.717) is 36.9 Å². The topological polar surface area (TPSA) is 40.2 Å². The van der Waals surface area contributed by atoms with E-state index in [4.69, 9.17) is 18.9 Å². The first-order valence-electron chi connectivity index (χ1n) is 9.62. The number of halogens is 2. The van der Waals surface area contributed by atoms with Gasteiger partial charge >= 0.3 is 0 Å². The molecule has 5 nitrogen and oxygen atoms in total. The molecule has 0 bridgehead atoms. The van der Waals surface area contributed by atoms with E-state index >= 15 is 0 Å². The van der Waals surface area contributed by atoms with Gasteiger partial charge in [0.15, 0.2) is 11.5 Å². The van der Waals surface area contributed by atoms with Crippen molar-refractivity contribution in [2.24, 2.45) is 0 Å². The molecule has 1 heterocycles. The van der Waals surface area contributed by atoms with Crippen LogP contribution in [0.4, 0.5) is 8.78 Å². The standard InChI is InChI=1S/C22H27F2NO4/c1-26-20-10-9-15(21(27-2)22(20)28-3)12-25(13-16-6-5-11-29-16)14-17-18(23)7-4-8-19(17)24/h4,7-10,16H,5-6,11-14H2,1-3H3. The van der Waals surface area contributed by atoms with Gasteiger partial charge in [-0.05, 0) is 31.0 Å². The van der Waals surface area contributed by atoms with Crippen molar-refractivity contribution in [1.82, 2.24) is 4.90 Å². The second-order valence-electron chi connectivity index (χ2n) is 7.00. The van der Waals surface area contributed by atoms with Crippen molar-refractivity contribution in [1.29, 1.82) is 0 Å². The Kier molecular flexibility index (Phi) is 7.28. The van der Waals surface area contributed by atoms with E-state index < -0.39 is 11.6 Å². The Morgan fingerprint density at radius 1 is 0.966 bits per heavy atom. The normalized spacial score (nSPS) is 16.3. The van der Waals surface area contributed by atoms with E-state index in [0.717, 1.165) is 18.4 Å². The van der Waals surface area contributed by atoms with E-state index in [-0.39, 0.29) is 18.2 Å². The number of nitrogens with zero attached hydrogens (tertiary/aromatic N) is 1. The van der Waals surface area contributed by atoms with Crippen LogP contribution in [0.5, 0.6) is 17.2 Å². The SMILES string of the molecule is COc1ccc(CN(Cc2c(F)cccc2F)CC2CCCO2)c(OC)c1OC. The van der Waals surface area contributed by atoms with Crippen molar-refractivity contribution < 1.29 is 27.7 Å². The van der Waals surface area contributed by atoms with Crippen molar-refractivity contribution >= 4 is 0 Å². The molecule has 0 amide bonds. The van der Waals surface area contributed by atoms with Crippen LogP contribution in [-0.4, -0.2) is 45.5 Å². The number of hydrogen-bond acceptors (Lipinski definition) is 5. The van der Waals surface area contributed by atoms with Crippen LogP contribution >= 0.6 is 0 Å². The summed E-state index contributed by atoms with van der Waals surface area (Å²) in [6, 6.07) is 7.60. The van der Waals surface area contributed by atoms with Crippen LogP contribution in [-0.2, 0) is 17.8 Å². The third-order valence-electron chi connectivity index (χ3n) is 5.11. The van der Waals surface area contributed by atoms with Gasteiger partial charge in [-0.2, -0.15) is 0 Å². The molecule has 0 aromatic heterocycles. The van der Waals surface area contributed by atoms with Gasteiger partial charge in [0.1, 0.15) is 11.6 Å². The molecule has 2 aromatic carbocycles. The zero-order valence-corrected chi connectivity index (χ0v) is 17.0. The third-order valence-corrected chi connectivity index (χ3v) is 5.11. The zero-order valence-electron chi connectivity index (χ0n) is 17.0. The number of rotatable bonds is 9. The first-order valence-corrected chi connectivity index (χ1v) is 9.62. The summed E-state index contributed by atoms with van der Waals surface area (Å²) in [7, 11) is 4.66. The number of ether oxygens (including phenoxy) is 4. The van der Waals surface area contributed by atoms with Crippen molar-refractivity contribution in [3.05, 3.63) is 53.1 Å². The van der Waals surface area contributed by atoms with Crippen molar-refractivity contribution in [2.75, 3.05) is 34.5 Å². The first kappa shape index (κ1) is 21.3. The highest BCUT2D eigenvalue weighted by molar-refractivity contribution is 5.55. The fourth-order valence-corrected chi connectivity index (χ4v) is 3.70. The summed E-state index contributed by atoms with van der Waals surface area (Å²) in [4.78, 5) is 1.97. The molecule has 0 spiro atoms. The van der Waals surface area contributed by atoms with E-state index in [1.165, 1.54) is 18.2 Å². The van der Waals surface area contributed by atoms with Crippen molar-refractivity contribution in [3.8, 4) is 17.2 Å². The molecule has 1 saturated heterocycles. The molecule has 1 atom stereocenters. The quantitative estimate of drug-likeness (QED) is 0.624. The molecule has 0 radical (unpaired) electrons. The van der Waals surface area contributed by atoms with Gasteiger partial charge in [-0.15, -0.1) is 0 Å². The van der Waals surface area contributed by atoms with Gasteiger partial charge in [0, 0.05) is 37.4 Å². The van der Waals surface area contributed by atoms with Crippen molar-refractivity contribution in [3.63, 3.8) is 0 Å². The van der Waals surface area contributed by atoms with Crippen LogP contribution in [0.25, 0.3) is 0 Å². The summed E-state index contributed by atoms with van der Waals surface area (Å²) >= 11 is 0. The molecule has 3 rings (SSSR count). The Morgan fingerprint density at radius 2 is 1.69 bits per heavy atom. The number of hydrogen-bond donors (Lipinski definition) is 0. The molecule has 0 N–H and O–H groups in total. The van der Waals surface area contributed by atoms with Crippen LogP contribution < -0.4 is 14.2 Å². The predicted molar refractivity (Wildman–Crippen MR) is 106 cm³/mol. The van der Waals surface area contributed by atoms with E-state index in [1.807, 2.05) is 11.0 Å². The highest BCUT2D eigenvalue weighted by atomic mass is 19.1. The summed E-state index contributed by atoms with van der Waals surface area (Å²) in [6.07, 6.45) is 1.96. The highest BCUT2D eigenvalue weighted by Crippen LogP contribution is 2.40.